The highest BCUT2D eigenvalue weighted by Gasteiger charge is 2.34. The van der Waals surface area contributed by atoms with Gasteiger partial charge in [0, 0.05) is 12.1 Å². The van der Waals surface area contributed by atoms with E-state index < -0.39 is 0 Å². The van der Waals surface area contributed by atoms with Gasteiger partial charge in [-0.05, 0) is 19.9 Å². The van der Waals surface area contributed by atoms with Crippen LogP contribution in [0, 0.1) is 0 Å². The van der Waals surface area contributed by atoms with E-state index in [1.807, 2.05) is 11.9 Å². The van der Waals surface area contributed by atoms with Gasteiger partial charge in [0.15, 0.2) is 0 Å². The highest BCUT2D eigenvalue weighted by Crippen LogP contribution is 2.31. The van der Waals surface area contributed by atoms with Crippen molar-refractivity contribution in [3.05, 3.63) is 0 Å². The Morgan fingerprint density at radius 3 is 2.36 bits per heavy atom. The molecule has 0 aromatic carbocycles. The van der Waals surface area contributed by atoms with Gasteiger partial charge in [-0.3, -0.25) is 9.69 Å². The Kier molecular flexibility index (Phi) is 3.89. The molecule has 0 radical (unpaired) electrons. The lowest BCUT2D eigenvalue weighted by Gasteiger charge is -2.43. The van der Waals surface area contributed by atoms with Crippen molar-refractivity contribution >= 4 is 5.91 Å². The van der Waals surface area contributed by atoms with E-state index in [-0.39, 0.29) is 11.4 Å². The molecule has 1 aliphatic carbocycles. The normalized spacial score (nSPS) is 21.1. The van der Waals surface area contributed by atoms with Crippen LogP contribution in [0.3, 0.4) is 0 Å². The molecule has 1 aliphatic rings. The maximum Gasteiger partial charge on any atom is 0.231 e. The van der Waals surface area contributed by atoms with Gasteiger partial charge in [0.25, 0.3) is 0 Å². The molecule has 82 valence electrons. The number of primary amides is 1. The molecule has 0 saturated heterocycles. The van der Waals surface area contributed by atoms with Crippen LogP contribution in [0.1, 0.15) is 32.1 Å². The summed E-state index contributed by atoms with van der Waals surface area (Å²) in [6.07, 6.45) is 5.88. The molecule has 0 bridgehead atoms. The second kappa shape index (κ2) is 4.75. The first kappa shape index (κ1) is 11.5. The lowest BCUT2D eigenvalue weighted by Crippen LogP contribution is -2.55. The third kappa shape index (κ3) is 2.45. The van der Waals surface area contributed by atoms with Crippen molar-refractivity contribution in [2.45, 2.75) is 37.6 Å². The SMILES string of the molecule is CN(CC(N)=O)C1(CN)CCCCC1. The number of carbonyl (C=O) groups is 1. The predicted octanol–water partition coefficient (Wildman–Crippen LogP) is 0.0651. The highest BCUT2D eigenvalue weighted by atomic mass is 16.1. The number of hydrogen-bond acceptors (Lipinski definition) is 3. The second-order valence-electron chi connectivity index (χ2n) is 4.31. The van der Waals surface area contributed by atoms with Crippen molar-refractivity contribution in [2.24, 2.45) is 11.5 Å². The van der Waals surface area contributed by atoms with Gasteiger partial charge in [-0.1, -0.05) is 19.3 Å². The van der Waals surface area contributed by atoms with Crippen molar-refractivity contribution in [2.75, 3.05) is 20.1 Å². The van der Waals surface area contributed by atoms with E-state index in [1.165, 1.54) is 19.3 Å². The summed E-state index contributed by atoms with van der Waals surface area (Å²) in [7, 11) is 1.95. The smallest absolute Gasteiger partial charge is 0.231 e. The summed E-state index contributed by atoms with van der Waals surface area (Å²) in [4.78, 5) is 12.9. The Bertz CT molecular complexity index is 200. The van der Waals surface area contributed by atoms with Gasteiger partial charge in [0.05, 0.1) is 6.54 Å². The average molecular weight is 199 g/mol. The molecular formula is C10H21N3O. The third-order valence-corrected chi connectivity index (χ3v) is 3.37. The van der Waals surface area contributed by atoms with Crippen LogP contribution in [-0.4, -0.2) is 36.5 Å². The minimum atomic E-state index is -0.272. The summed E-state index contributed by atoms with van der Waals surface area (Å²) < 4.78 is 0. The van der Waals surface area contributed by atoms with Gasteiger partial charge >= 0.3 is 0 Å². The Balaban J connectivity index is 2.61. The fourth-order valence-corrected chi connectivity index (χ4v) is 2.35. The summed E-state index contributed by atoms with van der Waals surface area (Å²) in [5.74, 6) is -0.272. The molecule has 0 atom stereocenters. The van der Waals surface area contributed by atoms with E-state index in [9.17, 15) is 4.79 Å². The number of likely N-dealkylation sites (N-methyl/N-ethyl adjacent to an activating group) is 1. The van der Waals surface area contributed by atoms with Gasteiger partial charge in [0.2, 0.25) is 5.91 Å². The summed E-state index contributed by atoms with van der Waals surface area (Å²) in [5.41, 5.74) is 11.0. The molecule has 0 aliphatic heterocycles. The topological polar surface area (TPSA) is 72.3 Å². The monoisotopic (exact) mass is 199 g/mol. The molecule has 0 heterocycles. The number of rotatable bonds is 4. The molecule has 0 unspecified atom stereocenters. The van der Waals surface area contributed by atoms with Crippen LogP contribution >= 0.6 is 0 Å². The van der Waals surface area contributed by atoms with Crippen LogP contribution in [0.15, 0.2) is 0 Å². The molecular weight excluding hydrogens is 178 g/mol. The maximum absolute atomic E-state index is 10.9. The Morgan fingerprint density at radius 1 is 1.36 bits per heavy atom. The van der Waals surface area contributed by atoms with Crippen molar-refractivity contribution in [1.29, 1.82) is 0 Å². The molecule has 1 saturated carbocycles. The molecule has 1 rings (SSSR count). The Morgan fingerprint density at radius 2 is 1.93 bits per heavy atom. The first-order valence-corrected chi connectivity index (χ1v) is 5.30. The highest BCUT2D eigenvalue weighted by molar-refractivity contribution is 5.76. The van der Waals surface area contributed by atoms with E-state index >= 15 is 0 Å². The van der Waals surface area contributed by atoms with Gasteiger partial charge in [-0.15, -0.1) is 0 Å². The van der Waals surface area contributed by atoms with E-state index in [0.29, 0.717) is 13.1 Å². The molecule has 0 aromatic heterocycles. The van der Waals surface area contributed by atoms with Gasteiger partial charge < -0.3 is 11.5 Å². The Labute approximate surface area is 85.6 Å². The van der Waals surface area contributed by atoms with E-state index in [0.717, 1.165) is 12.8 Å². The van der Waals surface area contributed by atoms with Crippen LogP contribution in [-0.2, 0) is 4.79 Å². The quantitative estimate of drug-likeness (QED) is 0.672. The van der Waals surface area contributed by atoms with Crippen LogP contribution < -0.4 is 11.5 Å². The standard InChI is InChI=1S/C10H21N3O/c1-13(7-9(12)14)10(8-11)5-3-2-4-6-10/h2-8,11H2,1H3,(H2,12,14). The van der Waals surface area contributed by atoms with Crippen molar-refractivity contribution in [3.8, 4) is 0 Å². The summed E-state index contributed by atoms with van der Waals surface area (Å²) in [5, 5.41) is 0. The Hall–Kier alpha value is -0.610. The zero-order chi connectivity index (χ0) is 10.6. The van der Waals surface area contributed by atoms with Crippen molar-refractivity contribution in [1.82, 2.24) is 4.90 Å². The van der Waals surface area contributed by atoms with Gasteiger partial charge in [0.1, 0.15) is 0 Å². The zero-order valence-corrected chi connectivity index (χ0v) is 8.96. The molecule has 4 nitrogen and oxygen atoms in total. The van der Waals surface area contributed by atoms with Crippen molar-refractivity contribution < 1.29 is 4.79 Å². The fourth-order valence-electron chi connectivity index (χ4n) is 2.35. The molecule has 0 aromatic rings. The number of nitrogens with zero attached hydrogens (tertiary/aromatic N) is 1. The summed E-state index contributed by atoms with van der Waals surface area (Å²) in [6, 6.07) is 0. The second-order valence-corrected chi connectivity index (χ2v) is 4.31. The van der Waals surface area contributed by atoms with Gasteiger partial charge in [-0.2, -0.15) is 0 Å². The van der Waals surface area contributed by atoms with E-state index in [1.54, 1.807) is 0 Å². The van der Waals surface area contributed by atoms with E-state index in [4.69, 9.17) is 11.5 Å². The number of hydrogen-bond donors (Lipinski definition) is 2. The lowest BCUT2D eigenvalue weighted by atomic mass is 9.80. The predicted molar refractivity (Wildman–Crippen MR) is 56.7 cm³/mol. The van der Waals surface area contributed by atoms with Crippen LogP contribution in [0.2, 0.25) is 0 Å². The molecule has 1 amide bonds. The number of nitrogens with two attached hydrogens (primary N) is 2. The number of carbonyl (C=O) groups excluding carboxylic acids is 1. The first-order valence-electron chi connectivity index (χ1n) is 5.30. The molecule has 1 fully saturated rings. The number of amides is 1. The molecule has 0 spiro atoms. The minimum Gasteiger partial charge on any atom is -0.369 e. The molecule has 4 heteroatoms. The minimum absolute atomic E-state index is 0.0211. The summed E-state index contributed by atoms with van der Waals surface area (Å²) in [6.45, 7) is 0.938. The maximum atomic E-state index is 10.9. The van der Waals surface area contributed by atoms with Crippen molar-refractivity contribution in [3.63, 3.8) is 0 Å². The molecule has 4 N–H and O–H groups in total. The van der Waals surface area contributed by atoms with Crippen LogP contribution in [0.5, 0.6) is 0 Å². The first-order chi connectivity index (χ1) is 6.60. The fraction of sp³-hybridized carbons (Fsp3) is 0.900. The van der Waals surface area contributed by atoms with Gasteiger partial charge in [-0.25, -0.2) is 0 Å². The van der Waals surface area contributed by atoms with Crippen LogP contribution in [0.4, 0.5) is 0 Å². The molecule has 14 heavy (non-hydrogen) atoms. The van der Waals surface area contributed by atoms with E-state index in [2.05, 4.69) is 0 Å². The largest absolute Gasteiger partial charge is 0.369 e. The third-order valence-electron chi connectivity index (χ3n) is 3.37. The summed E-state index contributed by atoms with van der Waals surface area (Å²) >= 11 is 0. The van der Waals surface area contributed by atoms with Crippen LogP contribution in [0.25, 0.3) is 0 Å². The average Bonchev–Trinajstić information content (AvgIpc) is 2.18. The lowest BCUT2D eigenvalue weighted by molar-refractivity contribution is -0.120. The zero-order valence-electron chi connectivity index (χ0n) is 8.96.